The summed E-state index contributed by atoms with van der Waals surface area (Å²) >= 11 is 3.45. The smallest absolute Gasteiger partial charge is 0.123 e. The molecule has 1 atom stereocenters. The summed E-state index contributed by atoms with van der Waals surface area (Å²) < 4.78 is 13.2. The Morgan fingerprint density at radius 1 is 1.35 bits per heavy atom. The Morgan fingerprint density at radius 3 is 2.94 bits per heavy atom. The Morgan fingerprint density at radius 2 is 2.18 bits per heavy atom. The predicted octanol–water partition coefficient (Wildman–Crippen LogP) is 4.35. The van der Waals surface area contributed by atoms with Gasteiger partial charge in [0.2, 0.25) is 0 Å². The van der Waals surface area contributed by atoms with Crippen LogP contribution in [0.1, 0.15) is 31.7 Å². The van der Waals surface area contributed by atoms with E-state index in [-0.39, 0.29) is 5.82 Å². The molecule has 1 saturated heterocycles. The van der Waals surface area contributed by atoms with Crippen LogP contribution in [0.4, 0.5) is 10.1 Å². The zero-order chi connectivity index (χ0) is 12.3. The number of halogens is 2. The second-order valence-electron chi connectivity index (χ2n) is 4.93. The van der Waals surface area contributed by atoms with Crippen molar-refractivity contribution < 1.29 is 4.39 Å². The van der Waals surface area contributed by atoms with E-state index >= 15 is 0 Å². The summed E-state index contributed by atoms with van der Waals surface area (Å²) in [6, 6.07) is 5.12. The van der Waals surface area contributed by atoms with Crippen LogP contribution in [0.15, 0.2) is 18.2 Å². The molecule has 0 N–H and O–H groups in total. The van der Waals surface area contributed by atoms with Gasteiger partial charge in [-0.3, -0.25) is 0 Å². The van der Waals surface area contributed by atoms with Crippen molar-refractivity contribution >= 4 is 21.6 Å². The van der Waals surface area contributed by atoms with Crippen molar-refractivity contribution in [1.82, 2.24) is 0 Å². The minimum atomic E-state index is -0.147. The van der Waals surface area contributed by atoms with Gasteiger partial charge in [0.05, 0.1) is 0 Å². The van der Waals surface area contributed by atoms with Crippen molar-refractivity contribution in [2.75, 3.05) is 18.0 Å². The lowest BCUT2D eigenvalue weighted by atomic mass is 10.0. The molecule has 1 aromatic carbocycles. The zero-order valence-corrected chi connectivity index (χ0v) is 11.8. The van der Waals surface area contributed by atoms with E-state index in [4.69, 9.17) is 0 Å². The Hall–Kier alpha value is -0.570. The molecule has 1 unspecified atom stereocenters. The molecular weight excluding hydrogens is 281 g/mol. The quantitative estimate of drug-likeness (QED) is 0.734. The first-order valence-corrected chi connectivity index (χ1v) is 7.42. The van der Waals surface area contributed by atoms with E-state index in [0.29, 0.717) is 5.33 Å². The molecule has 1 fully saturated rings. The Labute approximate surface area is 111 Å². The molecular formula is C14H19BrFN. The molecule has 17 heavy (non-hydrogen) atoms. The number of hydrogen-bond acceptors (Lipinski definition) is 1. The van der Waals surface area contributed by atoms with Gasteiger partial charge in [0.15, 0.2) is 0 Å². The molecule has 0 spiro atoms. The predicted molar refractivity (Wildman–Crippen MR) is 74.3 cm³/mol. The van der Waals surface area contributed by atoms with E-state index in [2.05, 4.69) is 27.8 Å². The van der Waals surface area contributed by atoms with Crippen LogP contribution in [-0.2, 0) is 5.33 Å². The maximum atomic E-state index is 13.2. The van der Waals surface area contributed by atoms with Gasteiger partial charge in [-0.2, -0.15) is 0 Å². The zero-order valence-electron chi connectivity index (χ0n) is 10.3. The van der Waals surface area contributed by atoms with Gasteiger partial charge >= 0.3 is 0 Å². The summed E-state index contributed by atoms with van der Waals surface area (Å²) in [6.07, 6.45) is 3.78. The average Bonchev–Trinajstić information content (AvgIpc) is 2.54. The molecule has 0 radical (unpaired) electrons. The lowest BCUT2D eigenvalue weighted by Gasteiger charge is -2.25. The third-order valence-corrected chi connectivity index (χ3v) is 4.15. The normalized spacial score (nSPS) is 21.4. The van der Waals surface area contributed by atoms with Crippen molar-refractivity contribution in [1.29, 1.82) is 0 Å². The van der Waals surface area contributed by atoms with Crippen LogP contribution < -0.4 is 4.90 Å². The van der Waals surface area contributed by atoms with Crippen LogP contribution in [0.25, 0.3) is 0 Å². The topological polar surface area (TPSA) is 3.24 Å². The second kappa shape index (κ2) is 5.85. The summed E-state index contributed by atoms with van der Waals surface area (Å²) in [5, 5.41) is 0.714. The lowest BCUT2D eigenvalue weighted by Crippen LogP contribution is -2.25. The highest BCUT2D eigenvalue weighted by Crippen LogP contribution is 2.27. The largest absolute Gasteiger partial charge is 0.371 e. The maximum absolute atomic E-state index is 13.2. The molecule has 2 rings (SSSR count). The van der Waals surface area contributed by atoms with Gasteiger partial charge < -0.3 is 4.90 Å². The van der Waals surface area contributed by atoms with E-state index in [1.165, 1.54) is 24.9 Å². The number of rotatable bonds is 2. The molecule has 1 nitrogen and oxygen atoms in total. The van der Waals surface area contributed by atoms with Crippen LogP contribution in [0.2, 0.25) is 0 Å². The highest BCUT2D eigenvalue weighted by molar-refractivity contribution is 9.08. The third-order valence-electron chi connectivity index (χ3n) is 3.54. The van der Waals surface area contributed by atoms with Crippen molar-refractivity contribution in [2.45, 2.75) is 31.5 Å². The first-order valence-electron chi connectivity index (χ1n) is 6.30. The van der Waals surface area contributed by atoms with Gasteiger partial charge in [-0.25, -0.2) is 4.39 Å². The molecule has 0 aromatic heterocycles. The molecule has 1 aliphatic heterocycles. The third kappa shape index (κ3) is 3.21. The first-order chi connectivity index (χ1) is 8.20. The minimum Gasteiger partial charge on any atom is -0.371 e. The summed E-state index contributed by atoms with van der Waals surface area (Å²) in [4.78, 5) is 2.40. The molecule has 0 amide bonds. The van der Waals surface area contributed by atoms with Gasteiger partial charge in [0, 0.05) is 24.1 Å². The summed E-state index contributed by atoms with van der Waals surface area (Å²) in [5.74, 6) is 0.666. The number of anilines is 1. The highest BCUT2D eigenvalue weighted by Gasteiger charge is 2.16. The monoisotopic (exact) mass is 299 g/mol. The Kier molecular flexibility index (Phi) is 4.43. The number of alkyl halides is 1. The lowest BCUT2D eigenvalue weighted by molar-refractivity contribution is 0.521. The molecule has 1 aliphatic rings. The fraction of sp³-hybridized carbons (Fsp3) is 0.571. The van der Waals surface area contributed by atoms with E-state index in [1.807, 2.05) is 6.07 Å². The molecule has 94 valence electrons. The fourth-order valence-electron chi connectivity index (χ4n) is 2.47. The van der Waals surface area contributed by atoms with Crippen LogP contribution in [0.5, 0.6) is 0 Å². The molecule has 1 heterocycles. The molecule has 0 aliphatic carbocycles. The van der Waals surface area contributed by atoms with Crippen LogP contribution in [0, 0.1) is 11.7 Å². The number of benzene rings is 1. The number of hydrogen-bond donors (Lipinski definition) is 0. The first kappa shape index (κ1) is 12.9. The van der Waals surface area contributed by atoms with Crippen LogP contribution >= 0.6 is 15.9 Å². The van der Waals surface area contributed by atoms with Gasteiger partial charge in [-0.1, -0.05) is 22.9 Å². The SMILES string of the molecule is CC1CCCN(c2ccc(F)cc2CBr)CC1. The second-order valence-corrected chi connectivity index (χ2v) is 5.49. The Bertz CT molecular complexity index is 380. The average molecular weight is 300 g/mol. The van der Waals surface area contributed by atoms with E-state index in [9.17, 15) is 4.39 Å². The summed E-state index contributed by atoms with van der Waals surface area (Å²) in [6.45, 7) is 4.50. The highest BCUT2D eigenvalue weighted by atomic mass is 79.9. The molecule has 3 heteroatoms. The fourth-order valence-corrected chi connectivity index (χ4v) is 2.92. The summed E-state index contributed by atoms with van der Waals surface area (Å²) in [5.41, 5.74) is 2.25. The summed E-state index contributed by atoms with van der Waals surface area (Å²) in [7, 11) is 0. The minimum absolute atomic E-state index is 0.147. The van der Waals surface area contributed by atoms with Crippen LogP contribution in [0.3, 0.4) is 0 Å². The molecule has 0 bridgehead atoms. The molecule has 0 saturated carbocycles. The number of nitrogens with zero attached hydrogens (tertiary/aromatic N) is 1. The van der Waals surface area contributed by atoms with Gasteiger partial charge in [-0.15, -0.1) is 0 Å². The maximum Gasteiger partial charge on any atom is 0.123 e. The Balaban J connectivity index is 2.20. The van der Waals surface area contributed by atoms with Crippen molar-refractivity contribution in [3.63, 3.8) is 0 Å². The van der Waals surface area contributed by atoms with Gasteiger partial charge in [0.25, 0.3) is 0 Å². The van der Waals surface area contributed by atoms with Gasteiger partial charge in [0.1, 0.15) is 5.82 Å². The van der Waals surface area contributed by atoms with Crippen LogP contribution in [-0.4, -0.2) is 13.1 Å². The van der Waals surface area contributed by atoms with Crippen molar-refractivity contribution in [2.24, 2.45) is 5.92 Å². The van der Waals surface area contributed by atoms with Crippen molar-refractivity contribution in [3.05, 3.63) is 29.6 Å². The van der Waals surface area contributed by atoms with E-state index in [1.54, 1.807) is 12.1 Å². The van der Waals surface area contributed by atoms with E-state index < -0.39 is 0 Å². The standard InChI is InChI=1S/C14H19BrFN/c1-11-3-2-7-17(8-6-11)14-5-4-13(16)9-12(14)10-15/h4-5,9,11H,2-3,6-8,10H2,1H3. The van der Waals surface area contributed by atoms with Gasteiger partial charge in [-0.05, 0) is 48.9 Å². The van der Waals surface area contributed by atoms with E-state index in [0.717, 1.165) is 24.6 Å². The molecule has 1 aromatic rings. The van der Waals surface area contributed by atoms with Crippen molar-refractivity contribution in [3.8, 4) is 0 Å².